The number of rotatable bonds is 2. The van der Waals surface area contributed by atoms with Crippen LogP contribution in [0.2, 0.25) is 5.82 Å². The summed E-state index contributed by atoms with van der Waals surface area (Å²) in [7, 11) is 2.27. The number of nitrogens with two attached hydrogens (primary N) is 1. The predicted octanol–water partition coefficient (Wildman–Crippen LogP) is 0.557. The Kier molecular flexibility index (Phi) is 2.58. The molecule has 0 saturated heterocycles. The molecule has 1 aliphatic rings. The highest BCUT2D eigenvalue weighted by atomic mass is 14.5. The molecule has 52 valence electrons. The molecule has 2 N–H and O–H groups in total. The zero-order valence-corrected chi connectivity index (χ0v) is 6.27. The van der Waals surface area contributed by atoms with Gasteiger partial charge in [-0.1, -0.05) is 31.5 Å². The summed E-state index contributed by atoms with van der Waals surface area (Å²) in [6, 6.07) is 0. The average molecular weight is 125 g/mol. The van der Waals surface area contributed by atoms with Gasteiger partial charge in [-0.25, -0.2) is 0 Å². The van der Waals surface area contributed by atoms with Crippen molar-refractivity contribution < 1.29 is 0 Å². The third-order valence-electron chi connectivity index (χ3n) is 2.58. The highest BCUT2D eigenvalue weighted by Crippen LogP contribution is 2.32. The molecule has 0 amide bonds. The zero-order chi connectivity index (χ0) is 6.69. The van der Waals surface area contributed by atoms with E-state index in [1.807, 2.05) is 0 Å². The van der Waals surface area contributed by atoms with Gasteiger partial charge in [-0.3, -0.25) is 0 Å². The van der Waals surface area contributed by atoms with E-state index in [0.717, 1.165) is 18.3 Å². The molecule has 0 aromatic rings. The van der Waals surface area contributed by atoms with Gasteiger partial charge in [0.1, 0.15) is 7.85 Å². The summed E-state index contributed by atoms with van der Waals surface area (Å²) in [5, 5.41) is 0. The van der Waals surface area contributed by atoms with E-state index in [4.69, 9.17) is 5.73 Å². The van der Waals surface area contributed by atoms with Crippen molar-refractivity contribution in [1.82, 2.24) is 0 Å². The van der Waals surface area contributed by atoms with Gasteiger partial charge in [0.2, 0.25) is 0 Å². The monoisotopic (exact) mass is 125 g/mol. The van der Waals surface area contributed by atoms with Crippen molar-refractivity contribution in [1.29, 1.82) is 0 Å². The lowest BCUT2D eigenvalue weighted by Gasteiger charge is -2.15. The lowest BCUT2D eigenvalue weighted by atomic mass is 9.76. The molecule has 0 aromatic carbocycles. The molecule has 1 rings (SSSR count). The zero-order valence-electron chi connectivity index (χ0n) is 6.27. The summed E-state index contributed by atoms with van der Waals surface area (Å²) in [5.74, 6) is 1.72. The Bertz CT molecular complexity index is 79.0. The lowest BCUT2D eigenvalue weighted by molar-refractivity contribution is 0.511. The van der Waals surface area contributed by atoms with Crippen molar-refractivity contribution in [2.45, 2.75) is 31.5 Å². The van der Waals surface area contributed by atoms with Gasteiger partial charge in [0, 0.05) is 0 Å². The van der Waals surface area contributed by atoms with Crippen LogP contribution in [0, 0.1) is 5.92 Å². The Balaban J connectivity index is 2.24. The van der Waals surface area contributed by atoms with Crippen LogP contribution in [-0.4, -0.2) is 14.4 Å². The van der Waals surface area contributed by atoms with E-state index in [0.29, 0.717) is 0 Å². The molecule has 1 atom stereocenters. The van der Waals surface area contributed by atoms with Gasteiger partial charge in [-0.2, -0.15) is 0 Å². The van der Waals surface area contributed by atoms with Crippen LogP contribution in [0.5, 0.6) is 0 Å². The van der Waals surface area contributed by atoms with E-state index >= 15 is 0 Å². The van der Waals surface area contributed by atoms with Gasteiger partial charge in [-0.05, 0) is 12.5 Å². The molecule has 0 aliphatic heterocycles. The topological polar surface area (TPSA) is 26.0 Å². The van der Waals surface area contributed by atoms with E-state index in [9.17, 15) is 0 Å². The van der Waals surface area contributed by atoms with Crippen molar-refractivity contribution in [2.24, 2.45) is 11.7 Å². The van der Waals surface area contributed by atoms with Crippen LogP contribution in [-0.2, 0) is 0 Å². The second-order valence-electron chi connectivity index (χ2n) is 3.26. The quantitative estimate of drug-likeness (QED) is 0.536. The first-order valence-electron chi connectivity index (χ1n) is 4.04. The molecule has 0 aromatic heterocycles. The molecule has 1 aliphatic carbocycles. The maximum Gasteiger partial charge on any atom is 0.107 e. The second-order valence-corrected chi connectivity index (χ2v) is 3.26. The third-order valence-corrected chi connectivity index (χ3v) is 2.58. The minimum atomic E-state index is 0.771. The Labute approximate surface area is 58.4 Å². The molecule has 1 unspecified atom stereocenters. The SMILES string of the molecule is BC(CN)C1CCCC1. The maximum atomic E-state index is 5.55. The first-order valence-corrected chi connectivity index (χ1v) is 4.04. The van der Waals surface area contributed by atoms with Crippen molar-refractivity contribution >= 4 is 7.85 Å². The molecule has 1 saturated carbocycles. The number of hydrogen-bond donors (Lipinski definition) is 1. The van der Waals surface area contributed by atoms with Gasteiger partial charge in [0.25, 0.3) is 0 Å². The van der Waals surface area contributed by atoms with E-state index < -0.39 is 0 Å². The normalized spacial score (nSPS) is 24.6. The van der Waals surface area contributed by atoms with Crippen LogP contribution in [0.1, 0.15) is 25.7 Å². The fourth-order valence-electron chi connectivity index (χ4n) is 1.72. The summed E-state index contributed by atoms with van der Waals surface area (Å²) in [4.78, 5) is 0. The Morgan fingerprint density at radius 3 is 2.44 bits per heavy atom. The Morgan fingerprint density at radius 1 is 1.44 bits per heavy atom. The summed E-state index contributed by atoms with van der Waals surface area (Å²) < 4.78 is 0. The molecule has 2 heteroatoms. The van der Waals surface area contributed by atoms with E-state index in [-0.39, 0.29) is 0 Å². The van der Waals surface area contributed by atoms with Crippen LogP contribution < -0.4 is 5.73 Å². The van der Waals surface area contributed by atoms with Crippen LogP contribution in [0.4, 0.5) is 0 Å². The standard InChI is InChI=1S/C7H16BN/c8-7(5-9)6-3-1-2-4-6/h6-7H,1-5,8-9H2. The lowest BCUT2D eigenvalue weighted by Crippen LogP contribution is -2.15. The minimum Gasteiger partial charge on any atom is -0.331 e. The largest absolute Gasteiger partial charge is 0.331 e. The highest BCUT2D eigenvalue weighted by molar-refractivity contribution is 6.12. The fraction of sp³-hybridized carbons (Fsp3) is 1.00. The van der Waals surface area contributed by atoms with E-state index in [2.05, 4.69) is 7.85 Å². The second kappa shape index (κ2) is 3.26. The van der Waals surface area contributed by atoms with E-state index in [1.165, 1.54) is 25.7 Å². The first kappa shape index (κ1) is 7.14. The molecule has 1 fully saturated rings. The van der Waals surface area contributed by atoms with Crippen LogP contribution >= 0.6 is 0 Å². The third kappa shape index (κ3) is 1.72. The van der Waals surface area contributed by atoms with Gasteiger partial charge in [0.15, 0.2) is 0 Å². The van der Waals surface area contributed by atoms with Crippen LogP contribution in [0.3, 0.4) is 0 Å². The Hall–Kier alpha value is 0.0249. The molecule has 0 heterocycles. The Morgan fingerprint density at radius 2 is 2.00 bits per heavy atom. The summed E-state index contributed by atoms with van der Waals surface area (Å²) in [6.07, 6.45) is 5.74. The van der Waals surface area contributed by atoms with Crippen molar-refractivity contribution in [3.05, 3.63) is 0 Å². The highest BCUT2D eigenvalue weighted by Gasteiger charge is 2.19. The smallest absolute Gasteiger partial charge is 0.107 e. The van der Waals surface area contributed by atoms with Gasteiger partial charge in [-0.15, -0.1) is 0 Å². The fourth-order valence-corrected chi connectivity index (χ4v) is 1.72. The van der Waals surface area contributed by atoms with E-state index in [1.54, 1.807) is 0 Å². The average Bonchev–Trinajstić information content (AvgIpc) is 2.37. The molecular formula is C7H16BN. The first-order chi connectivity index (χ1) is 4.34. The summed E-state index contributed by atoms with van der Waals surface area (Å²) in [6.45, 7) is 0.880. The molecule has 0 radical (unpaired) electrons. The maximum absolute atomic E-state index is 5.55. The van der Waals surface area contributed by atoms with Crippen LogP contribution in [0.25, 0.3) is 0 Å². The van der Waals surface area contributed by atoms with Gasteiger partial charge >= 0.3 is 0 Å². The van der Waals surface area contributed by atoms with Crippen molar-refractivity contribution in [3.8, 4) is 0 Å². The predicted molar refractivity (Wildman–Crippen MR) is 43.3 cm³/mol. The van der Waals surface area contributed by atoms with Crippen molar-refractivity contribution in [2.75, 3.05) is 6.54 Å². The molecule has 9 heavy (non-hydrogen) atoms. The molecule has 0 spiro atoms. The van der Waals surface area contributed by atoms with Gasteiger partial charge < -0.3 is 5.73 Å². The van der Waals surface area contributed by atoms with Crippen molar-refractivity contribution in [3.63, 3.8) is 0 Å². The number of hydrogen-bond acceptors (Lipinski definition) is 1. The summed E-state index contributed by atoms with van der Waals surface area (Å²) in [5.41, 5.74) is 5.55. The van der Waals surface area contributed by atoms with Crippen LogP contribution in [0.15, 0.2) is 0 Å². The molecular weight excluding hydrogens is 109 g/mol. The van der Waals surface area contributed by atoms with Gasteiger partial charge in [0.05, 0.1) is 0 Å². The molecule has 1 nitrogen and oxygen atoms in total. The molecule has 0 bridgehead atoms. The summed E-state index contributed by atoms with van der Waals surface area (Å²) >= 11 is 0. The minimum absolute atomic E-state index is 0.771.